The van der Waals surface area contributed by atoms with Crippen LogP contribution in [0.1, 0.15) is 30.7 Å². The predicted octanol–water partition coefficient (Wildman–Crippen LogP) is 2.43. The lowest BCUT2D eigenvalue weighted by Gasteiger charge is -2.55. The van der Waals surface area contributed by atoms with Gasteiger partial charge in [-0.15, -0.1) is 6.58 Å². The number of fused-ring (bicyclic) bond motifs is 1. The van der Waals surface area contributed by atoms with Crippen LogP contribution in [0.15, 0.2) is 30.9 Å². The number of hydrogen-bond donors (Lipinski definition) is 1. The summed E-state index contributed by atoms with van der Waals surface area (Å²) in [7, 11) is -2.06. The van der Waals surface area contributed by atoms with Crippen LogP contribution >= 0.6 is 0 Å². The first-order chi connectivity index (χ1) is 19.7. The van der Waals surface area contributed by atoms with Crippen LogP contribution in [-0.2, 0) is 42.8 Å². The van der Waals surface area contributed by atoms with Crippen molar-refractivity contribution in [2.24, 2.45) is 16.7 Å². The fourth-order valence-electron chi connectivity index (χ4n) is 6.76. The number of amides is 1. The minimum Gasteiger partial charge on any atom is -0.493 e. The SMILES string of the molecule is C=C[C@]12[C@@H](OC)CCC(COS(C)(=O)=O)(COS(C)(=O)=O)[C@H]1C[C@H](c1cccc(OCOC)c1OC)[C@H]2NC(=O)OC. The molecule has 1 aromatic rings. The van der Waals surface area contributed by atoms with Crippen molar-refractivity contribution in [1.29, 1.82) is 0 Å². The average molecular weight is 636 g/mol. The van der Waals surface area contributed by atoms with Crippen LogP contribution in [0, 0.1) is 16.7 Å². The van der Waals surface area contributed by atoms with E-state index in [1.54, 1.807) is 25.3 Å². The second kappa shape index (κ2) is 13.5. The fraction of sp³-hybridized carbons (Fsp3) is 0.667. The van der Waals surface area contributed by atoms with Gasteiger partial charge in [0, 0.05) is 36.5 Å². The van der Waals surface area contributed by atoms with Crippen molar-refractivity contribution in [1.82, 2.24) is 5.32 Å². The highest BCUT2D eigenvalue weighted by Gasteiger charge is 2.67. The Balaban J connectivity index is 2.29. The molecule has 3 rings (SSSR count). The summed E-state index contributed by atoms with van der Waals surface area (Å²) in [5.74, 6) is -0.218. The topological polar surface area (TPSA) is 162 Å². The largest absolute Gasteiger partial charge is 0.493 e. The van der Waals surface area contributed by atoms with Crippen LogP contribution in [-0.4, -0.2) is 96.0 Å². The summed E-state index contributed by atoms with van der Waals surface area (Å²) in [5, 5.41) is 2.98. The smallest absolute Gasteiger partial charge is 0.407 e. The summed E-state index contributed by atoms with van der Waals surface area (Å²) in [5.41, 5.74) is -1.51. The van der Waals surface area contributed by atoms with Gasteiger partial charge in [-0.1, -0.05) is 18.2 Å². The number of para-hydroxylation sites is 1. The molecule has 42 heavy (non-hydrogen) atoms. The summed E-state index contributed by atoms with van der Waals surface area (Å²) in [6, 6.07) is 4.62. The van der Waals surface area contributed by atoms with Gasteiger partial charge in [0.1, 0.15) is 0 Å². The van der Waals surface area contributed by atoms with Crippen LogP contribution < -0.4 is 14.8 Å². The first-order valence-corrected chi connectivity index (χ1v) is 16.8. The lowest BCUT2D eigenvalue weighted by molar-refractivity contribution is -0.126. The number of hydrogen-bond acceptors (Lipinski definition) is 12. The van der Waals surface area contributed by atoms with Crippen LogP contribution in [0.25, 0.3) is 0 Å². The first-order valence-electron chi connectivity index (χ1n) is 13.2. The molecule has 0 radical (unpaired) electrons. The maximum atomic E-state index is 12.8. The second-order valence-electron chi connectivity index (χ2n) is 10.7. The standard InChI is InChI=1S/C27H41NO12S2/c1-8-27-21(26(13-12-22(27)35-3,15-39-41(6,30)31)16-40-42(7,32)33)14-19(24(27)28-25(29)37-5)18-10-9-11-20(23(18)36-4)38-17-34-2/h8-11,19,21-22,24H,1,12-17H2,2-7H3,(H,28,29)/t19-,21-,22+,24-,27-/m1/s1. The van der Waals surface area contributed by atoms with E-state index in [1.807, 2.05) is 6.07 Å². The van der Waals surface area contributed by atoms with E-state index in [-0.39, 0.29) is 20.0 Å². The molecule has 13 nitrogen and oxygen atoms in total. The zero-order valence-electron chi connectivity index (χ0n) is 24.8. The molecule has 1 N–H and O–H groups in total. The van der Waals surface area contributed by atoms with Gasteiger partial charge in [-0.25, -0.2) is 4.79 Å². The Morgan fingerprint density at radius 2 is 1.71 bits per heavy atom. The Morgan fingerprint density at radius 1 is 1.07 bits per heavy atom. The molecule has 1 amide bonds. The maximum Gasteiger partial charge on any atom is 0.407 e. The van der Waals surface area contributed by atoms with E-state index in [0.29, 0.717) is 36.3 Å². The Labute approximate surface area is 248 Å². The van der Waals surface area contributed by atoms with Gasteiger partial charge in [-0.2, -0.15) is 16.8 Å². The minimum absolute atomic E-state index is 0.0337. The molecule has 2 fully saturated rings. The fourth-order valence-corrected chi connectivity index (χ4v) is 7.66. The zero-order valence-corrected chi connectivity index (χ0v) is 26.4. The molecule has 5 atom stereocenters. The minimum atomic E-state index is -3.92. The number of rotatable bonds is 14. The Hall–Kier alpha value is -2.43. The number of benzene rings is 1. The van der Waals surface area contributed by atoms with E-state index < -0.39 is 61.1 Å². The van der Waals surface area contributed by atoms with Gasteiger partial charge in [-0.3, -0.25) is 8.37 Å². The highest BCUT2D eigenvalue weighted by molar-refractivity contribution is 7.86. The molecule has 2 aliphatic rings. The molecule has 0 spiro atoms. The molecule has 0 heterocycles. The molecule has 15 heteroatoms. The predicted molar refractivity (Wildman–Crippen MR) is 152 cm³/mol. The van der Waals surface area contributed by atoms with Gasteiger partial charge in [0.15, 0.2) is 18.3 Å². The second-order valence-corrected chi connectivity index (χ2v) is 14.0. The van der Waals surface area contributed by atoms with E-state index in [2.05, 4.69) is 11.9 Å². The molecule has 0 aliphatic heterocycles. The van der Waals surface area contributed by atoms with Crippen molar-refractivity contribution in [3.63, 3.8) is 0 Å². The van der Waals surface area contributed by atoms with E-state index in [1.165, 1.54) is 21.3 Å². The zero-order chi connectivity index (χ0) is 31.3. The number of alkyl carbamates (subject to hydrolysis) is 1. The summed E-state index contributed by atoms with van der Waals surface area (Å²) in [4.78, 5) is 12.8. The molecule has 2 saturated carbocycles. The Morgan fingerprint density at radius 3 is 2.21 bits per heavy atom. The van der Waals surface area contributed by atoms with Crippen LogP contribution in [0.3, 0.4) is 0 Å². The van der Waals surface area contributed by atoms with Crippen LogP contribution in [0.2, 0.25) is 0 Å². The van der Waals surface area contributed by atoms with Gasteiger partial charge in [0.2, 0.25) is 0 Å². The van der Waals surface area contributed by atoms with Gasteiger partial charge >= 0.3 is 6.09 Å². The number of carbonyl (C=O) groups is 1. The lowest BCUT2D eigenvalue weighted by atomic mass is 9.54. The molecule has 0 saturated heterocycles. The molecule has 0 aromatic heterocycles. The Kier molecular flexibility index (Phi) is 10.9. The van der Waals surface area contributed by atoms with Crippen molar-refractivity contribution in [2.75, 3.05) is 61.0 Å². The van der Waals surface area contributed by atoms with Crippen molar-refractivity contribution in [2.45, 2.75) is 37.3 Å². The normalized spacial score (nSPS) is 27.1. The van der Waals surface area contributed by atoms with Crippen molar-refractivity contribution >= 4 is 26.3 Å². The first kappa shape index (κ1) is 34.1. The van der Waals surface area contributed by atoms with Crippen molar-refractivity contribution < 1.29 is 53.7 Å². The van der Waals surface area contributed by atoms with Gasteiger partial charge in [-0.05, 0) is 31.2 Å². The van der Waals surface area contributed by atoms with Crippen molar-refractivity contribution in [3.8, 4) is 11.5 Å². The summed E-state index contributed by atoms with van der Waals surface area (Å²) in [6.07, 6.45) is 3.31. The summed E-state index contributed by atoms with van der Waals surface area (Å²) < 4.78 is 87.0. The third kappa shape index (κ3) is 7.03. The third-order valence-corrected chi connectivity index (χ3v) is 9.49. The summed E-state index contributed by atoms with van der Waals surface area (Å²) in [6.45, 7) is 3.40. The van der Waals surface area contributed by atoms with E-state index >= 15 is 0 Å². The van der Waals surface area contributed by atoms with E-state index in [0.717, 1.165) is 12.5 Å². The van der Waals surface area contributed by atoms with E-state index in [9.17, 15) is 21.6 Å². The van der Waals surface area contributed by atoms with Crippen LogP contribution in [0.4, 0.5) is 4.79 Å². The summed E-state index contributed by atoms with van der Waals surface area (Å²) >= 11 is 0. The third-order valence-electron chi connectivity index (χ3n) is 8.40. The molecular formula is C27H41NO12S2. The molecule has 1 aromatic carbocycles. The highest BCUT2D eigenvalue weighted by Crippen LogP contribution is 2.65. The average Bonchev–Trinajstić information content (AvgIpc) is 3.28. The number of nitrogens with one attached hydrogen (secondary N) is 1. The maximum absolute atomic E-state index is 12.8. The van der Waals surface area contributed by atoms with Gasteiger partial charge < -0.3 is 29.0 Å². The van der Waals surface area contributed by atoms with E-state index in [4.69, 9.17) is 32.1 Å². The Bertz CT molecular complexity index is 1300. The van der Waals surface area contributed by atoms with Gasteiger partial charge in [0.05, 0.1) is 52.1 Å². The lowest BCUT2D eigenvalue weighted by Crippen LogP contribution is -2.61. The quantitative estimate of drug-likeness (QED) is 0.181. The van der Waals surface area contributed by atoms with Crippen molar-refractivity contribution in [3.05, 3.63) is 36.4 Å². The number of ether oxygens (including phenoxy) is 5. The number of carbonyl (C=O) groups excluding carboxylic acids is 1. The number of methoxy groups -OCH3 is 4. The molecule has 2 aliphatic carbocycles. The highest BCUT2D eigenvalue weighted by atomic mass is 32.2. The molecule has 0 unspecified atom stereocenters. The van der Waals surface area contributed by atoms with Crippen LogP contribution in [0.5, 0.6) is 11.5 Å². The molecule has 238 valence electrons. The van der Waals surface area contributed by atoms with Gasteiger partial charge in [0.25, 0.3) is 20.2 Å². The molecular weight excluding hydrogens is 594 g/mol. The monoisotopic (exact) mass is 635 g/mol. The molecule has 0 bridgehead atoms.